The molecule has 0 amide bonds. The van der Waals surface area contributed by atoms with Crippen LogP contribution in [0.25, 0.3) is 0 Å². The van der Waals surface area contributed by atoms with Crippen molar-refractivity contribution in [2.75, 3.05) is 7.11 Å². The maximum absolute atomic E-state index is 11.2. The van der Waals surface area contributed by atoms with Crippen LogP contribution < -0.4 is 0 Å². The molecule has 2 heteroatoms. The van der Waals surface area contributed by atoms with Crippen LogP contribution in [0.4, 0.5) is 0 Å². The Morgan fingerprint density at radius 2 is 1.77 bits per heavy atom. The van der Waals surface area contributed by atoms with Crippen LogP contribution in [-0.4, -0.2) is 13.1 Å². The Hall–Kier alpha value is -0.530. The van der Waals surface area contributed by atoms with Crippen molar-refractivity contribution in [2.24, 2.45) is 17.8 Å². The number of esters is 1. The summed E-state index contributed by atoms with van der Waals surface area (Å²) < 4.78 is 4.75. The van der Waals surface area contributed by atoms with Crippen LogP contribution in [0.15, 0.2) is 0 Å². The number of hydrogen-bond donors (Lipinski definition) is 0. The summed E-state index contributed by atoms with van der Waals surface area (Å²) in [5.41, 5.74) is 0. The second-order valence-corrected chi connectivity index (χ2v) is 4.38. The first kappa shape index (κ1) is 10.6. The maximum atomic E-state index is 11.2. The average Bonchev–Trinajstić information content (AvgIpc) is 2.17. The molecule has 0 aromatic carbocycles. The van der Waals surface area contributed by atoms with Gasteiger partial charge in [-0.25, -0.2) is 0 Å². The first-order valence-corrected chi connectivity index (χ1v) is 5.23. The first-order valence-electron chi connectivity index (χ1n) is 5.23. The highest BCUT2D eigenvalue weighted by Gasteiger charge is 2.27. The molecule has 1 fully saturated rings. The van der Waals surface area contributed by atoms with E-state index in [-0.39, 0.29) is 11.9 Å². The van der Waals surface area contributed by atoms with Gasteiger partial charge in [-0.05, 0) is 37.5 Å². The fourth-order valence-corrected chi connectivity index (χ4v) is 2.19. The molecule has 2 nitrogen and oxygen atoms in total. The lowest BCUT2D eigenvalue weighted by molar-refractivity contribution is -0.146. The Morgan fingerprint density at radius 3 is 2.15 bits per heavy atom. The summed E-state index contributed by atoms with van der Waals surface area (Å²) in [5.74, 6) is 1.75. The first-order chi connectivity index (χ1) is 6.15. The molecule has 0 N–H and O–H groups in total. The highest BCUT2D eigenvalue weighted by atomic mass is 16.5. The summed E-state index contributed by atoms with van der Waals surface area (Å²) in [6, 6.07) is 0. The molecule has 1 rings (SSSR count). The van der Waals surface area contributed by atoms with E-state index in [1.807, 2.05) is 0 Å². The number of ether oxygens (including phenoxy) is 1. The summed E-state index contributed by atoms with van der Waals surface area (Å²) in [6.07, 6.45) is 4.43. The van der Waals surface area contributed by atoms with Crippen molar-refractivity contribution in [1.29, 1.82) is 0 Å². The number of rotatable bonds is 2. The third-order valence-electron chi connectivity index (χ3n) is 3.25. The highest BCUT2D eigenvalue weighted by Crippen LogP contribution is 2.33. The lowest BCUT2D eigenvalue weighted by Crippen LogP contribution is -2.24. The highest BCUT2D eigenvalue weighted by molar-refractivity contribution is 5.72. The lowest BCUT2D eigenvalue weighted by atomic mass is 9.77. The van der Waals surface area contributed by atoms with Gasteiger partial charge < -0.3 is 4.74 Å². The van der Waals surface area contributed by atoms with Gasteiger partial charge in [0.15, 0.2) is 0 Å². The van der Waals surface area contributed by atoms with Gasteiger partial charge in [-0.1, -0.05) is 13.8 Å². The maximum Gasteiger partial charge on any atom is 0.308 e. The van der Waals surface area contributed by atoms with Crippen LogP contribution in [0.3, 0.4) is 0 Å². The molecule has 13 heavy (non-hydrogen) atoms. The SMILES string of the molecule is COC(=O)[C@H]1CC[C@@H](C(C)C)CC1. The molecule has 0 atom stereocenters. The monoisotopic (exact) mass is 184 g/mol. The standard InChI is InChI=1S/C11H20O2/c1-8(2)9-4-6-10(7-5-9)11(12)13-3/h8-10H,4-7H2,1-3H3/t9-,10+. The van der Waals surface area contributed by atoms with Crippen LogP contribution in [-0.2, 0) is 9.53 Å². The minimum absolute atomic E-state index is 0.0118. The molecule has 0 saturated heterocycles. The van der Waals surface area contributed by atoms with Crippen LogP contribution in [0.2, 0.25) is 0 Å². The van der Waals surface area contributed by atoms with E-state index in [0.717, 1.165) is 24.7 Å². The lowest BCUT2D eigenvalue weighted by Gasteiger charge is -2.29. The van der Waals surface area contributed by atoms with Crippen molar-refractivity contribution < 1.29 is 9.53 Å². The van der Waals surface area contributed by atoms with Crippen LogP contribution >= 0.6 is 0 Å². The summed E-state index contributed by atoms with van der Waals surface area (Å²) >= 11 is 0. The number of carbonyl (C=O) groups excluding carboxylic acids is 1. The molecule has 1 aliphatic rings. The predicted octanol–water partition coefficient (Wildman–Crippen LogP) is 2.62. The zero-order valence-corrected chi connectivity index (χ0v) is 8.88. The summed E-state index contributed by atoms with van der Waals surface area (Å²) in [6.45, 7) is 4.53. The zero-order valence-electron chi connectivity index (χ0n) is 8.88. The van der Waals surface area contributed by atoms with E-state index in [4.69, 9.17) is 4.74 Å². The molecular formula is C11H20O2. The van der Waals surface area contributed by atoms with Gasteiger partial charge in [-0.2, -0.15) is 0 Å². The molecule has 76 valence electrons. The van der Waals surface area contributed by atoms with E-state index in [1.165, 1.54) is 20.0 Å². The van der Waals surface area contributed by atoms with Crippen LogP contribution in [0.1, 0.15) is 39.5 Å². The number of carbonyl (C=O) groups is 1. The minimum Gasteiger partial charge on any atom is -0.469 e. The second-order valence-electron chi connectivity index (χ2n) is 4.38. The van der Waals surface area contributed by atoms with Gasteiger partial charge in [0.1, 0.15) is 0 Å². The predicted molar refractivity (Wildman–Crippen MR) is 52.3 cm³/mol. The normalized spacial score (nSPS) is 28.9. The fraction of sp³-hybridized carbons (Fsp3) is 0.909. The molecule has 0 aliphatic heterocycles. The third kappa shape index (κ3) is 2.71. The Labute approximate surface area is 80.7 Å². The van der Waals surface area contributed by atoms with Gasteiger partial charge >= 0.3 is 5.97 Å². The van der Waals surface area contributed by atoms with Gasteiger partial charge in [0.25, 0.3) is 0 Å². The molecule has 1 aliphatic carbocycles. The fourth-order valence-electron chi connectivity index (χ4n) is 2.19. The van der Waals surface area contributed by atoms with E-state index in [1.54, 1.807) is 0 Å². The molecule has 0 aromatic rings. The van der Waals surface area contributed by atoms with Gasteiger partial charge in [0.05, 0.1) is 13.0 Å². The Kier molecular flexibility index (Phi) is 3.76. The van der Waals surface area contributed by atoms with Crippen LogP contribution in [0.5, 0.6) is 0 Å². The van der Waals surface area contributed by atoms with Gasteiger partial charge in [-0.15, -0.1) is 0 Å². The van der Waals surface area contributed by atoms with E-state index < -0.39 is 0 Å². The summed E-state index contributed by atoms with van der Waals surface area (Å²) in [5, 5.41) is 0. The zero-order chi connectivity index (χ0) is 9.84. The van der Waals surface area contributed by atoms with Gasteiger partial charge in [0, 0.05) is 0 Å². The molecule has 0 bridgehead atoms. The number of hydrogen-bond acceptors (Lipinski definition) is 2. The topological polar surface area (TPSA) is 26.3 Å². The molecule has 0 radical (unpaired) electrons. The van der Waals surface area contributed by atoms with Crippen molar-refractivity contribution in [3.63, 3.8) is 0 Å². The molecule has 0 aromatic heterocycles. The summed E-state index contributed by atoms with van der Waals surface area (Å²) in [7, 11) is 1.48. The molecule has 0 heterocycles. The van der Waals surface area contributed by atoms with Crippen molar-refractivity contribution in [3.8, 4) is 0 Å². The van der Waals surface area contributed by atoms with Crippen molar-refractivity contribution >= 4 is 5.97 Å². The quantitative estimate of drug-likeness (QED) is 0.617. The van der Waals surface area contributed by atoms with E-state index in [9.17, 15) is 4.79 Å². The number of methoxy groups -OCH3 is 1. The Balaban J connectivity index is 2.34. The van der Waals surface area contributed by atoms with Gasteiger partial charge in [-0.3, -0.25) is 4.79 Å². The Bertz CT molecular complexity index is 167. The smallest absolute Gasteiger partial charge is 0.308 e. The molecule has 1 saturated carbocycles. The summed E-state index contributed by atoms with van der Waals surface area (Å²) in [4.78, 5) is 11.2. The minimum atomic E-state index is -0.0118. The Morgan fingerprint density at radius 1 is 1.23 bits per heavy atom. The van der Waals surface area contributed by atoms with Gasteiger partial charge in [0.2, 0.25) is 0 Å². The largest absolute Gasteiger partial charge is 0.469 e. The van der Waals surface area contributed by atoms with E-state index in [2.05, 4.69) is 13.8 Å². The van der Waals surface area contributed by atoms with Crippen LogP contribution in [0, 0.1) is 17.8 Å². The molecule has 0 spiro atoms. The van der Waals surface area contributed by atoms with Crippen molar-refractivity contribution in [3.05, 3.63) is 0 Å². The van der Waals surface area contributed by atoms with Crippen molar-refractivity contribution in [1.82, 2.24) is 0 Å². The molecular weight excluding hydrogens is 164 g/mol. The molecule has 0 unspecified atom stereocenters. The van der Waals surface area contributed by atoms with Crippen molar-refractivity contribution in [2.45, 2.75) is 39.5 Å². The van der Waals surface area contributed by atoms with E-state index in [0.29, 0.717) is 0 Å². The van der Waals surface area contributed by atoms with E-state index >= 15 is 0 Å². The third-order valence-corrected chi connectivity index (χ3v) is 3.25. The second kappa shape index (κ2) is 4.64. The average molecular weight is 184 g/mol.